The molecule has 0 bridgehead atoms. The van der Waals surface area contributed by atoms with Crippen molar-refractivity contribution in [3.8, 4) is 23.7 Å². The number of hydrogen-bond donors (Lipinski definition) is 0. The Morgan fingerprint density at radius 2 is 1.21 bits per heavy atom. The van der Waals surface area contributed by atoms with Crippen molar-refractivity contribution in [2.75, 3.05) is 0 Å². The van der Waals surface area contributed by atoms with Crippen molar-refractivity contribution < 1.29 is 0 Å². The average Bonchev–Trinajstić information content (AvgIpc) is 2.78. The monoisotopic (exact) mass is 377 g/mol. The first-order valence-electron chi connectivity index (χ1n) is 10.2. The van der Waals surface area contributed by atoms with E-state index in [0.29, 0.717) is 0 Å². The van der Waals surface area contributed by atoms with Crippen LogP contribution >= 0.6 is 0 Å². The molecule has 0 amide bonds. The van der Waals surface area contributed by atoms with E-state index in [9.17, 15) is 0 Å². The Kier molecular flexibility index (Phi) is 8.16. The SMILES string of the molecule is CCCC#C[C@@H](C#Cc1ccccc1)N(Cc1ccccc1)Cc1ccccc1. The maximum atomic E-state index is 3.44. The van der Waals surface area contributed by atoms with Gasteiger partial charge in [0, 0.05) is 25.1 Å². The van der Waals surface area contributed by atoms with Crippen molar-refractivity contribution in [1.29, 1.82) is 0 Å². The summed E-state index contributed by atoms with van der Waals surface area (Å²) in [5.74, 6) is 13.5. The number of hydrogen-bond acceptors (Lipinski definition) is 1. The molecule has 0 spiro atoms. The lowest BCUT2D eigenvalue weighted by Crippen LogP contribution is -2.32. The molecular weight excluding hydrogens is 350 g/mol. The maximum Gasteiger partial charge on any atom is 0.134 e. The summed E-state index contributed by atoms with van der Waals surface area (Å²) >= 11 is 0. The van der Waals surface area contributed by atoms with Crippen molar-refractivity contribution in [3.05, 3.63) is 108 Å². The van der Waals surface area contributed by atoms with Gasteiger partial charge in [-0.3, -0.25) is 4.90 Å². The van der Waals surface area contributed by atoms with Gasteiger partial charge < -0.3 is 0 Å². The van der Waals surface area contributed by atoms with E-state index in [0.717, 1.165) is 31.5 Å². The van der Waals surface area contributed by atoms with Gasteiger partial charge in [-0.1, -0.05) is 104 Å². The highest BCUT2D eigenvalue weighted by Crippen LogP contribution is 2.13. The van der Waals surface area contributed by atoms with Gasteiger partial charge in [0.05, 0.1) is 0 Å². The lowest BCUT2D eigenvalue weighted by Gasteiger charge is -2.25. The predicted octanol–water partition coefficient (Wildman–Crippen LogP) is 5.91. The molecular formula is C28H27N. The lowest BCUT2D eigenvalue weighted by atomic mass is 10.1. The first-order valence-corrected chi connectivity index (χ1v) is 10.2. The Bertz CT molecular complexity index is 928. The van der Waals surface area contributed by atoms with Crippen molar-refractivity contribution in [2.45, 2.75) is 38.9 Å². The molecule has 0 unspecified atom stereocenters. The number of benzene rings is 3. The van der Waals surface area contributed by atoms with Gasteiger partial charge in [-0.25, -0.2) is 0 Å². The topological polar surface area (TPSA) is 3.24 Å². The molecule has 3 aromatic carbocycles. The molecule has 0 aliphatic carbocycles. The lowest BCUT2D eigenvalue weighted by molar-refractivity contribution is 0.252. The molecule has 3 rings (SSSR count). The fourth-order valence-electron chi connectivity index (χ4n) is 3.06. The van der Waals surface area contributed by atoms with E-state index in [1.165, 1.54) is 11.1 Å². The standard InChI is InChI=1S/C28H27N/c1-2-3-7-20-28(22-21-25-14-8-4-9-15-25)29(23-26-16-10-5-11-17-26)24-27-18-12-6-13-19-27/h4-6,8-19,28H,2-3,23-24H2,1H3/t28-/m0/s1. The summed E-state index contributed by atoms with van der Waals surface area (Å²) in [5, 5.41) is 0. The van der Waals surface area contributed by atoms with Crippen LogP contribution in [0.15, 0.2) is 91.0 Å². The van der Waals surface area contributed by atoms with Crippen LogP contribution in [0.25, 0.3) is 0 Å². The minimum atomic E-state index is -0.123. The largest absolute Gasteiger partial charge is 0.271 e. The second-order valence-electron chi connectivity index (χ2n) is 6.99. The first kappa shape index (κ1) is 20.5. The second-order valence-corrected chi connectivity index (χ2v) is 6.99. The van der Waals surface area contributed by atoms with Crippen LogP contribution in [0.5, 0.6) is 0 Å². The highest BCUT2D eigenvalue weighted by atomic mass is 15.1. The van der Waals surface area contributed by atoms with Crippen LogP contribution in [-0.4, -0.2) is 10.9 Å². The van der Waals surface area contributed by atoms with Crippen molar-refractivity contribution in [1.82, 2.24) is 4.90 Å². The Hall–Kier alpha value is -3.26. The molecule has 1 nitrogen and oxygen atoms in total. The minimum absolute atomic E-state index is 0.123. The zero-order valence-corrected chi connectivity index (χ0v) is 17.0. The van der Waals surface area contributed by atoms with Gasteiger partial charge in [0.25, 0.3) is 0 Å². The summed E-state index contributed by atoms with van der Waals surface area (Å²) in [4.78, 5) is 2.36. The summed E-state index contributed by atoms with van der Waals surface area (Å²) in [6, 6.07) is 31.1. The zero-order valence-electron chi connectivity index (χ0n) is 17.0. The molecule has 0 aromatic heterocycles. The molecule has 3 aromatic rings. The van der Waals surface area contributed by atoms with Gasteiger partial charge in [-0.15, -0.1) is 5.92 Å². The van der Waals surface area contributed by atoms with E-state index >= 15 is 0 Å². The van der Waals surface area contributed by atoms with Crippen LogP contribution in [0.1, 0.15) is 36.5 Å². The molecule has 0 N–H and O–H groups in total. The van der Waals surface area contributed by atoms with Crippen LogP contribution < -0.4 is 0 Å². The van der Waals surface area contributed by atoms with Crippen LogP contribution in [0.4, 0.5) is 0 Å². The smallest absolute Gasteiger partial charge is 0.134 e. The first-order chi connectivity index (χ1) is 14.3. The van der Waals surface area contributed by atoms with E-state index in [1.54, 1.807) is 0 Å². The summed E-state index contributed by atoms with van der Waals surface area (Å²) in [7, 11) is 0. The maximum absolute atomic E-state index is 3.44. The Balaban J connectivity index is 1.91. The van der Waals surface area contributed by atoms with Crippen LogP contribution in [0.3, 0.4) is 0 Å². The van der Waals surface area contributed by atoms with E-state index in [-0.39, 0.29) is 6.04 Å². The van der Waals surface area contributed by atoms with Gasteiger partial charge >= 0.3 is 0 Å². The highest BCUT2D eigenvalue weighted by molar-refractivity contribution is 5.37. The molecule has 29 heavy (non-hydrogen) atoms. The molecule has 0 aliphatic rings. The number of nitrogens with zero attached hydrogens (tertiary/aromatic N) is 1. The molecule has 0 radical (unpaired) electrons. The number of rotatable bonds is 6. The zero-order chi connectivity index (χ0) is 20.2. The fraction of sp³-hybridized carbons (Fsp3) is 0.214. The second kappa shape index (κ2) is 11.6. The molecule has 0 heterocycles. The third-order valence-electron chi connectivity index (χ3n) is 4.56. The van der Waals surface area contributed by atoms with E-state index < -0.39 is 0 Å². The molecule has 0 saturated heterocycles. The van der Waals surface area contributed by atoms with Gasteiger partial charge in [-0.2, -0.15) is 0 Å². The molecule has 1 atom stereocenters. The molecule has 144 valence electrons. The summed E-state index contributed by atoms with van der Waals surface area (Å²) in [6.45, 7) is 3.78. The molecule has 0 saturated carbocycles. The van der Waals surface area contributed by atoms with Gasteiger partial charge in [0.15, 0.2) is 0 Å². The molecule has 0 aliphatic heterocycles. The normalized spacial score (nSPS) is 11.1. The summed E-state index contributed by atoms with van der Waals surface area (Å²) in [5.41, 5.74) is 3.56. The van der Waals surface area contributed by atoms with Crippen molar-refractivity contribution in [3.63, 3.8) is 0 Å². The van der Waals surface area contributed by atoms with Gasteiger partial charge in [0.2, 0.25) is 0 Å². The number of unbranched alkanes of at least 4 members (excludes halogenated alkanes) is 1. The van der Waals surface area contributed by atoms with E-state index in [2.05, 4.69) is 96.2 Å². The quantitative estimate of drug-likeness (QED) is 0.483. The van der Waals surface area contributed by atoms with E-state index in [4.69, 9.17) is 0 Å². The summed E-state index contributed by atoms with van der Waals surface area (Å²) < 4.78 is 0. The highest BCUT2D eigenvalue weighted by Gasteiger charge is 2.15. The Labute approximate surface area is 175 Å². The van der Waals surface area contributed by atoms with Crippen molar-refractivity contribution >= 4 is 0 Å². The van der Waals surface area contributed by atoms with Gasteiger partial charge in [0.1, 0.15) is 6.04 Å². The molecule has 0 fully saturated rings. The third-order valence-corrected chi connectivity index (χ3v) is 4.56. The predicted molar refractivity (Wildman–Crippen MR) is 122 cm³/mol. The molecule has 1 heteroatoms. The minimum Gasteiger partial charge on any atom is -0.271 e. The van der Waals surface area contributed by atoms with Crippen LogP contribution in [0.2, 0.25) is 0 Å². The average molecular weight is 378 g/mol. The third kappa shape index (κ3) is 7.00. The van der Waals surface area contributed by atoms with Crippen LogP contribution in [-0.2, 0) is 13.1 Å². The van der Waals surface area contributed by atoms with Crippen molar-refractivity contribution in [2.24, 2.45) is 0 Å². The van der Waals surface area contributed by atoms with E-state index in [1.807, 2.05) is 30.3 Å². The van der Waals surface area contributed by atoms with Crippen LogP contribution in [0, 0.1) is 23.7 Å². The summed E-state index contributed by atoms with van der Waals surface area (Å²) in [6.07, 6.45) is 1.96. The fourth-order valence-corrected chi connectivity index (χ4v) is 3.06. The Morgan fingerprint density at radius 1 is 0.690 bits per heavy atom. The Morgan fingerprint density at radius 3 is 1.72 bits per heavy atom. The van der Waals surface area contributed by atoms with Gasteiger partial charge in [-0.05, 0) is 29.7 Å².